The van der Waals surface area contributed by atoms with Crippen molar-refractivity contribution in [1.82, 2.24) is 34.5 Å². The molecule has 0 saturated carbocycles. The zero-order chi connectivity index (χ0) is 26.3. The van der Waals surface area contributed by atoms with Crippen molar-refractivity contribution in [3.63, 3.8) is 0 Å². The predicted molar refractivity (Wildman–Crippen MR) is 131 cm³/mol. The van der Waals surface area contributed by atoms with Gasteiger partial charge < -0.3 is 15.6 Å². The van der Waals surface area contributed by atoms with Gasteiger partial charge in [-0.2, -0.15) is 23.4 Å². The molecule has 0 aliphatic rings. The van der Waals surface area contributed by atoms with Crippen molar-refractivity contribution in [2.75, 3.05) is 10.6 Å². The number of alkyl halides is 3. The van der Waals surface area contributed by atoms with Crippen LogP contribution in [0.1, 0.15) is 34.7 Å². The number of hydrogen-bond donors (Lipinski definition) is 3. The van der Waals surface area contributed by atoms with Crippen molar-refractivity contribution in [3.05, 3.63) is 72.1 Å². The number of nitrogens with one attached hydrogen (secondary N) is 3. The number of benzene rings is 1. The molecule has 1 aromatic carbocycles. The average Bonchev–Trinajstić information content (AvgIpc) is 3.56. The summed E-state index contributed by atoms with van der Waals surface area (Å²) in [5.74, 6) is -0.149. The lowest BCUT2D eigenvalue weighted by Crippen LogP contribution is -2.16. The van der Waals surface area contributed by atoms with Crippen LogP contribution < -0.4 is 10.6 Å². The third-order valence-electron chi connectivity index (χ3n) is 5.81. The minimum Gasteiger partial charge on any atom is -0.362 e. The minimum absolute atomic E-state index is 0.205. The molecular weight excluding hydrogens is 487 g/mol. The lowest BCUT2D eigenvalue weighted by atomic mass is 10.1. The SMILES string of the molecule is C[C@H](Nc1cnc2[nH]cc(-c3cnn(C)c3)c2n1)c1cccc(NC(=O)c2cc(C(F)(F)F)nn2C)c1. The molecule has 37 heavy (non-hydrogen) atoms. The summed E-state index contributed by atoms with van der Waals surface area (Å²) in [6, 6.07) is 7.50. The van der Waals surface area contributed by atoms with Gasteiger partial charge in [-0.25, -0.2) is 9.97 Å². The van der Waals surface area contributed by atoms with Crippen LogP contribution >= 0.6 is 0 Å². The van der Waals surface area contributed by atoms with E-state index < -0.39 is 17.8 Å². The molecule has 0 bridgehead atoms. The Morgan fingerprint density at radius 1 is 1.16 bits per heavy atom. The molecule has 4 heterocycles. The Kier molecular flexibility index (Phi) is 5.90. The Morgan fingerprint density at radius 3 is 2.68 bits per heavy atom. The molecule has 5 rings (SSSR count). The van der Waals surface area contributed by atoms with Gasteiger partial charge in [0.1, 0.15) is 17.0 Å². The van der Waals surface area contributed by atoms with Crippen molar-refractivity contribution in [2.45, 2.75) is 19.1 Å². The number of carbonyl (C=O) groups excluding carboxylic acids is 1. The first kappa shape index (κ1) is 24.0. The Bertz CT molecular complexity index is 1600. The molecule has 1 amide bonds. The van der Waals surface area contributed by atoms with Crippen LogP contribution in [0.4, 0.5) is 24.7 Å². The van der Waals surface area contributed by atoms with E-state index in [1.165, 1.54) is 7.05 Å². The van der Waals surface area contributed by atoms with Crippen LogP contribution in [-0.4, -0.2) is 40.4 Å². The van der Waals surface area contributed by atoms with Crippen LogP contribution in [0, 0.1) is 0 Å². The number of hydrogen-bond acceptors (Lipinski definition) is 6. The molecule has 0 radical (unpaired) electrons. The highest BCUT2D eigenvalue weighted by molar-refractivity contribution is 6.03. The first-order valence-electron chi connectivity index (χ1n) is 11.2. The summed E-state index contributed by atoms with van der Waals surface area (Å²) in [5, 5.41) is 13.5. The van der Waals surface area contributed by atoms with E-state index in [0.29, 0.717) is 22.7 Å². The van der Waals surface area contributed by atoms with E-state index >= 15 is 0 Å². The van der Waals surface area contributed by atoms with E-state index in [4.69, 9.17) is 4.98 Å². The topological polar surface area (TPSA) is 118 Å². The van der Waals surface area contributed by atoms with Crippen molar-refractivity contribution < 1.29 is 18.0 Å². The third-order valence-corrected chi connectivity index (χ3v) is 5.81. The van der Waals surface area contributed by atoms with E-state index in [1.54, 1.807) is 35.3 Å². The van der Waals surface area contributed by atoms with Crippen LogP contribution in [0.5, 0.6) is 0 Å². The molecule has 0 spiro atoms. The highest BCUT2D eigenvalue weighted by Crippen LogP contribution is 2.30. The van der Waals surface area contributed by atoms with Gasteiger partial charge in [0.25, 0.3) is 5.91 Å². The quantitative estimate of drug-likeness (QED) is 0.309. The monoisotopic (exact) mass is 509 g/mol. The van der Waals surface area contributed by atoms with Crippen molar-refractivity contribution in [1.29, 1.82) is 0 Å². The summed E-state index contributed by atoms with van der Waals surface area (Å²) >= 11 is 0. The standard InChI is InChI=1S/C24H22F3N9O/c1-13(31-20-11-29-22-21(33-20)17(10-28-22)15-9-30-35(2)12-15)14-5-4-6-16(7-14)32-23(37)18-8-19(24(25,26)27)34-36(18)3/h4-13H,1-3H3,(H,28,29)(H,31,33)(H,32,37)/t13-/m0/s1. The van der Waals surface area contributed by atoms with E-state index in [-0.39, 0.29) is 11.7 Å². The summed E-state index contributed by atoms with van der Waals surface area (Å²) in [6.07, 6.45) is 2.46. The number of aromatic nitrogens is 7. The summed E-state index contributed by atoms with van der Waals surface area (Å²) in [5.41, 5.74) is 3.04. The highest BCUT2D eigenvalue weighted by atomic mass is 19.4. The van der Waals surface area contributed by atoms with Gasteiger partial charge in [0.15, 0.2) is 11.3 Å². The van der Waals surface area contributed by atoms with Crippen LogP contribution in [-0.2, 0) is 20.3 Å². The molecule has 4 aromatic heterocycles. The molecule has 13 heteroatoms. The first-order chi connectivity index (χ1) is 17.6. The van der Waals surface area contributed by atoms with Crippen LogP contribution in [0.15, 0.2) is 55.1 Å². The average molecular weight is 509 g/mol. The molecular formula is C24H22F3N9O. The molecule has 5 aromatic rings. The molecule has 10 nitrogen and oxygen atoms in total. The third kappa shape index (κ3) is 4.87. The van der Waals surface area contributed by atoms with Gasteiger partial charge in [-0.3, -0.25) is 14.2 Å². The maximum Gasteiger partial charge on any atom is 0.435 e. The number of fused-ring (bicyclic) bond motifs is 1. The number of anilines is 2. The Balaban J connectivity index is 1.33. The number of H-pyrrole nitrogens is 1. The first-order valence-corrected chi connectivity index (χ1v) is 11.2. The maximum atomic E-state index is 12.9. The van der Waals surface area contributed by atoms with Crippen LogP contribution in [0.2, 0.25) is 0 Å². The van der Waals surface area contributed by atoms with Crippen molar-refractivity contribution in [3.8, 4) is 11.1 Å². The number of carbonyl (C=O) groups is 1. The summed E-state index contributed by atoms with van der Waals surface area (Å²) in [7, 11) is 3.13. The normalized spacial score (nSPS) is 12.6. The van der Waals surface area contributed by atoms with Crippen molar-refractivity contribution >= 4 is 28.6 Å². The fourth-order valence-corrected chi connectivity index (χ4v) is 3.95. The van der Waals surface area contributed by atoms with Gasteiger partial charge in [-0.15, -0.1) is 0 Å². The Morgan fingerprint density at radius 2 is 1.97 bits per heavy atom. The number of aryl methyl sites for hydroxylation is 2. The number of amides is 1. The maximum absolute atomic E-state index is 12.9. The largest absolute Gasteiger partial charge is 0.435 e. The van der Waals surface area contributed by atoms with Gasteiger partial charge in [0.2, 0.25) is 0 Å². The van der Waals surface area contributed by atoms with Gasteiger partial charge in [-0.1, -0.05) is 12.1 Å². The highest BCUT2D eigenvalue weighted by Gasteiger charge is 2.35. The van der Waals surface area contributed by atoms with Gasteiger partial charge >= 0.3 is 6.18 Å². The molecule has 0 fully saturated rings. The number of halogens is 3. The van der Waals surface area contributed by atoms with E-state index in [9.17, 15) is 18.0 Å². The van der Waals surface area contributed by atoms with Crippen molar-refractivity contribution in [2.24, 2.45) is 14.1 Å². The summed E-state index contributed by atoms with van der Waals surface area (Å²) in [4.78, 5) is 24.9. The van der Waals surface area contributed by atoms with Gasteiger partial charge in [0, 0.05) is 49.4 Å². The van der Waals surface area contributed by atoms with Crippen LogP contribution in [0.3, 0.4) is 0 Å². The molecule has 0 saturated heterocycles. The smallest absolute Gasteiger partial charge is 0.362 e. The fraction of sp³-hybridized carbons (Fsp3) is 0.208. The number of rotatable bonds is 6. The van der Waals surface area contributed by atoms with E-state index in [2.05, 4.69) is 30.8 Å². The summed E-state index contributed by atoms with van der Waals surface area (Å²) in [6.45, 7) is 1.92. The zero-order valence-corrected chi connectivity index (χ0v) is 20.0. The fourth-order valence-electron chi connectivity index (χ4n) is 3.95. The molecule has 0 unspecified atom stereocenters. The lowest BCUT2D eigenvalue weighted by molar-refractivity contribution is -0.141. The minimum atomic E-state index is -4.64. The number of nitrogens with zero attached hydrogens (tertiary/aromatic N) is 6. The van der Waals surface area contributed by atoms with Crippen LogP contribution in [0.25, 0.3) is 22.3 Å². The van der Waals surface area contributed by atoms with Gasteiger partial charge in [0.05, 0.1) is 18.4 Å². The molecule has 0 aliphatic heterocycles. The lowest BCUT2D eigenvalue weighted by Gasteiger charge is -2.16. The molecule has 3 N–H and O–H groups in total. The zero-order valence-electron chi connectivity index (χ0n) is 20.0. The predicted octanol–water partition coefficient (Wildman–Crippen LogP) is 4.54. The van der Waals surface area contributed by atoms with E-state index in [1.807, 2.05) is 32.4 Å². The summed E-state index contributed by atoms with van der Waals surface area (Å²) < 4.78 is 41.4. The second kappa shape index (κ2) is 9.08. The molecule has 1 atom stereocenters. The second-order valence-electron chi connectivity index (χ2n) is 8.54. The van der Waals surface area contributed by atoms with E-state index in [0.717, 1.165) is 27.4 Å². The molecule has 0 aliphatic carbocycles. The molecule has 190 valence electrons. The van der Waals surface area contributed by atoms with Gasteiger partial charge in [-0.05, 0) is 24.6 Å². The Hall–Kier alpha value is -4.68. The second-order valence-corrected chi connectivity index (χ2v) is 8.54. The number of aromatic amines is 1. The Labute approximate surface area is 208 Å².